The van der Waals surface area contributed by atoms with Crippen molar-refractivity contribution < 1.29 is 22.5 Å². The highest BCUT2D eigenvalue weighted by Gasteiger charge is 2.38. The molecular formula is C14H11F3N4O2. The highest BCUT2D eigenvalue weighted by molar-refractivity contribution is 5.94. The molecule has 0 aliphatic carbocycles. The molecule has 120 valence electrons. The second-order valence-corrected chi connectivity index (χ2v) is 4.58. The Morgan fingerprint density at radius 1 is 1.39 bits per heavy atom. The zero-order valence-electron chi connectivity index (χ0n) is 11.9. The quantitative estimate of drug-likeness (QED) is 0.932. The molecule has 23 heavy (non-hydrogen) atoms. The van der Waals surface area contributed by atoms with Crippen molar-refractivity contribution >= 4 is 11.6 Å². The number of amides is 1. The number of carbonyl (C=O) groups is 1. The summed E-state index contributed by atoms with van der Waals surface area (Å²) in [6.07, 6.45) is -4.32. The highest BCUT2D eigenvalue weighted by atomic mass is 19.4. The number of aromatic nitrogens is 2. The monoisotopic (exact) mass is 324 g/mol. The first-order valence-corrected chi connectivity index (χ1v) is 6.57. The van der Waals surface area contributed by atoms with Gasteiger partial charge in [-0.25, -0.2) is 0 Å². The summed E-state index contributed by atoms with van der Waals surface area (Å²) < 4.78 is 41.3. The van der Waals surface area contributed by atoms with Gasteiger partial charge >= 0.3 is 12.1 Å². The zero-order valence-corrected chi connectivity index (χ0v) is 11.9. The number of halogens is 3. The van der Waals surface area contributed by atoms with Crippen molar-refractivity contribution in [1.82, 2.24) is 10.1 Å². The van der Waals surface area contributed by atoms with Crippen molar-refractivity contribution in [3.05, 3.63) is 30.2 Å². The molecule has 1 aromatic carbocycles. The van der Waals surface area contributed by atoms with Gasteiger partial charge in [0.2, 0.25) is 11.7 Å². The smallest absolute Gasteiger partial charge is 0.329 e. The summed E-state index contributed by atoms with van der Waals surface area (Å²) in [5.41, 5.74) is 0.710. The third-order valence-corrected chi connectivity index (χ3v) is 2.96. The van der Waals surface area contributed by atoms with E-state index in [1.54, 1.807) is 6.92 Å². The number of rotatable bonds is 4. The van der Waals surface area contributed by atoms with Crippen molar-refractivity contribution in [3.63, 3.8) is 0 Å². The average Bonchev–Trinajstić information content (AvgIpc) is 2.99. The highest BCUT2D eigenvalue weighted by Crippen LogP contribution is 2.29. The van der Waals surface area contributed by atoms with E-state index in [-0.39, 0.29) is 5.82 Å². The Morgan fingerprint density at radius 3 is 2.52 bits per heavy atom. The van der Waals surface area contributed by atoms with Gasteiger partial charge in [0.25, 0.3) is 0 Å². The van der Waals surface area contributed by atoms with Crippen LogP contribution in [0, 0.1) is 17.2 Å². The van der Waals surface area contributed by atoms with E-state index >= 15 is 0 Å². The van der Waals surface area contributed by atoms with Crippen molar-refractivity contribution in [2.75, 3.05) is 5.32 Å². The fourth-order valence-corrected chi connectivity index (χ4v) is 1.72. The largest absolute Gasteiger partial charge is 0.471 e. The number of nitrogens with zero attached hydrogens (tertiary/aromatic N) is 3. The third-order valence-electron chi connectivity index (χ3n) is 2.96. The predicted octanol–water partition coefficient (Wildman–Crippen LogP) is 3.24. The normalized spacial score (nSPS) is 12.5. The van der Waals surface area contributed by atoms with Crippen molar-refractivity contribution in [2.24, 2.45) is 5.92 Å². The van der Waals surface area contributed by atoms with E-state index in [0.717, 1.165) is 0 Å². The fourth-order valence-electron chi connectivity index (χ4n) is 1.72. The SMILES string of the molecule is CCC(C#N)C(=O)Nc1ccc(-c2noc(C(F)(F)F)n2)cc1. The number of benzene rings is 1. The molecule has 6 nitrogen and oxygen atoms in total. The summed E-state index contributed by atoms with van der Waals surface area (Å²) >= 11 is 0. The average molecular weight is 324 g/mol. The Kier molecular flexibility index (Phi) is 4.64. The molecule has 0 saturated heterocycles. The molecule has 0 spiro atoms. The Hall–Kier alpha value is -2.89. The van der Waals surface area contributed by atoms with E-state index in [1.807, 2.05) is 6.07 Å². The first kappa shape index (κ1) is 16.5. The van der Waals surface area contributed by atoms with E-state index in [9.17, 15) is 18.0 Å². The van der Waals surface area contributed by atoms with Crippen molar-refractivity contribution in [2.45, 2.75) is 19.5 Å². The van der Waals surface area contributed by atoms with E-state index in [1.165, 1.54) is 24.3 Å². The van der Waals surface area contributed by atoms with Gasteiger partial charge in [0.15, 0.2) is 0 Å². The molecule has 2 aromatic rings. The Morgan fingerprint density at radius 2 is 2.04 bits per heavy atom. The topological polar surface area (TPSA) is 91.8 Å². The first-order chi connectivity index (χ1) is 10.8. The summed E-state index contributed by atoms with van der Waals surface area (Å²) in [5, 5.41) is 14.6. The Balaban J connectivity index is 2.12. The number of nitriles is 1. The molecule has 9 heteroatoms. The molecule has 0 radical (unpaired) electrons. The number of alkyl halides is 3. The molecule has 1 heterocycles. The van der Waals surface area contributed by atoms with Crippen LogP contribution in [0.15, 0.2) is 28.8 Å². The summed E-state index contributed by atoms with van der Waals surface area (Å²) in [7, 11) is 0. The third kappa shape index (κ3) is 3.85. The molecule has 1 amide bonds. The Labute approximate surface area is 128 Å². The lowest BCUT2D eigenvalue weighted by Gasteiger charge is -2.08. The van der Waals surface area contributed by atoms with Crippen LogP contribution < -0.4 is 5.32 Å². The predicted molar refractivity (Wildman–Crippen MR) is 72.8 cm³/mol. The van der Waals surface area contributed by atoms with Crippen LogP contribution in [0.2, 0.25) is 0 Å². The lowest BCUT2D eigenvalue weighted by Crippen LogP contribution is -2.20. The van der Waals surface area contributed by atoms with Crippen LogP contribution in [0.4, 0.5) is 18.9 Å². The van der Waals surface area contributed by atoms with E-state index in [4.69, 9.17) is 5.26 Å². The van der Waals surface area contributed by atoms with E-state index < -0.39 is 23.9 Å². The lowest BCUT2D eigenvalue weighted by molar-refractivity contribution is -0.159. The molecular weight excluding hydrogens is 313 g/mol. The van der Waals surface area contributed by atoms with Crippen LogP contribution in [0.1, 0.15) is 19.2 Å². The van der Waals surface area contributed by atoms with Gasteiger partial charge in [-0.05, 0) is 30.7 Å². The van der Waals surface area contributed by atoms with Crippen molar-refractivity contribution in [3.8, 4) is 17.5 Å². The van der Waals surface area contributed by atoms with Crippen molar-refractivity contribution in [1.29, 1.82) is 5.26 Å². The molecule has 0 aliphatic rings. The van der Waals surface area contributed by atoms with Gasteiger partial charge in [-0.1, -0.05) is 12.1 Å². The molecule has 0 bridgehead atoms. The number of anilines is 1. The van der Waals surface area contributed by atoms with Gasteiger partial charge in [-0.15, -0.1) is 0 Å². The van der Waals surface area contributed by atoms with Gasteiger partial charge in [-0.2, -0.15) is 23.4 Å². The molecule has 0 saturated carbocycles. The Bertz CT molecular complexity index is 732. The summed E-state index contributed by atoms with van der Waals surface area (Å²) in [5.74, 6) is -2.84. The molecule has 2 rings (SSSR count). The lowest BCUT2D eigenvalue weighted by atomic mass is 10.1. The number of nitrogens with one attached hydrogen (secondary N) is 1. The number of hydrogen-bond acceptors (Lipinski definition) is 5. The minimum Gasteiger partial charge on any atom is -0.329 e. The van der Waals surface area contributed by atoms with Crippen LogP contribution in [0.3, 0.4) is 0 Å². The minimum atomic E-state index is -4.70. The van der Waals surface area contributed by atoms with Gasteiger partial charge in [0.05, 0.1) is 6.07 Å². The number of carbonyl (C=O) groups excluding carboxylic acids is 1. The van der Waals surface area contributed by atoms with Gasteiger partial charge in [-0.3, -0.25) is 4.79 Å². The maximum atomic E-state index is 12.4. The van der Waals surface area contributed by atoms with Crippen LogP contribution in [-0.4, -0.2) is 16.0 Å². The van der Waals surface area contributed by atoms with E-state index in [0.29, 0.717) is 17.7 Å². The molecule has 1 unspecified atom stereocenters. The van der Waals surface area contributed by atoms with Gasteiger partial charge < -0.3 is 9.84 Å². The molecule has 1 atom stereocenters. The van der Waals surface area contributed by atoms with Gasteiger partial charge in [0.1, 0.15) is 5.92 Å². The number of hydrogen-bond donors (Lipinski definition) is 1. The molecule has 1 aromatic heterocycles. The van der Waals surface area contributed by atoms with Crippen LogP contribution in [0.5, 0.6) is 0 Å². The maximum absolute atomic E-state index is 12.4. The van der Waals surface area contributed by atoms with Crippen LogP contribution >= 0.6 is 0 Å². The second kappa shape index (κ2) is 6.48. The van der Waals surface area contributed by atoms with Crippen LogP contribution in [-0.2, 0) is 11.0 Å². The van der Waals surface area contributed by atoms with Crippen LogP contribution in [0.25, 0.3) is 11.4 Å². The molecule has 1 N–H and O–H groups in total. The first-order valence-electron chi connectivity index (χ1n) is 6.57. The molecule has 0 aliphatic heterocycles. The van der Waals surface area contributed by atoms with Gasteiger partial charge in [0, 0.05) is 11.3 Å². The standard InChI is InChI=1S/C14H11F3N4O2/c1-2-8(7-18)12(22)19-10-5-3-9(4-6-10)11-20-13(23-21-11)14(15,16)17/h3-6,8H,2H2,1H3,(H,19,22). The fraction of sp³-hybridized carbons (Fsp3) is 0.286. The minimum absolute atomic E-state index is 0.210. The van der Waals surface area contributed by atoms with E-state index in [2.05, 4.69) is 20.0 Å². The summed E-state index contributed by atoms with van der Waals surface area (Å²) in [6.45, 7) is 1.71. The maximum Gasteiger partial charge on any atom is 0.471 e. The summed E-state index contributed by atoms with van der Waals surface area (Å²) in [4.78, 5) is 15.0. The molecule has 0 fully saturated rings. The summed E-state index contributed by atoms with van der Waals surface area (Å²) in [6, 6.07) is 7.70. The zero-order chi connectivity index (χ0) is 17.0. The second-order valence-electron chi connectivity index (χ2n) is 4.58.